The Hall–Kier alpha value is 1.12. The Labute approximate surface area is 140 Å². The summed E-state index contributed by atoms with van der Waals surface area (Å²) in [6, 6.07) is -1.47. The average molecular weight is 531 g/mol. The molecule has 0 fully saturated rings. The van der Waals surface area contributed by atoms with E-state index in [1.54, 1.807) is 0 Å². The number of rotatable bonds is 5. The second kappa shape index (κ2) is 16.2. The van der Waals surface area contributed by atoms with Crippen molar-refractivity contribution in [3.8, 4) is 0 Å². The van der Waals surface area contributed by atoms with Gasteiger partial charge in [-0.2, -0.15) is 0 Å². The molecule has 0 saturated heterocycles. The van der Waals surface area contributed by atoms with Crippen molar-refractivity contribution in [2.45, 2.75) is 24.4 Å². The molecule has 18 heavy (non-hydrogen) atoms. The minimum Gasteiger partial charge on any atom is -1.00 e. The Morgan fingerprint density at radius 1 is 1.11 bits per heavy atom. The van der Waals surface area contributed by atoms with Crippen LogP contribution in [0, 0.1) is 0 Å². The van der Waals surface area contributed by atoms with Gasteiger partial charge in [0.25, 0.3) is 0 Å². The molecule has 12 heteroatoms. The molecule has 0 unspecified atom stereocenters. The number of carbonyl (C=O) groups excluding carboxylic acids is 1. The summed E-state index contributed by atoms with van der Waals surface area (Å²) < 4.78 is 4.19. The van der Waals surface area contributed by atoms with E-state index in [0.717, 1.165) is 0 Å². The van der Waals surface area contributed by atoms with Crippen LogP contribution in [0.1, 0.15) is 0 Å². The van der Waals surface area contributed by atoms with Crippen molar-refractivity contribution in [3.05, 3.63) is 0 Å². The molecular formula is C6H12Cl4NO6Pt. The third-order valence-corrected chi connectivity index (χ3v) is 2.09. The Morgan fingerprint density at radius 3 is 1.78 bits per heavy atom. The minimum atomic E-state index is -1.70. The van der Waals surface area contributed by atoms with Crippen molar-refractivity contribution in [3.63, 3.8) is 0 Å². The molecule has 6 N–H and O–H groups in total. The van der Waals surface area contributed by atoms with Crippen LogP contribution in [0.2, 0.25) is 0 Å². The van der Waals surface area contributed by atoms with E-state index in [4.69, 9.17) is 21.1 Å². The largest absolute Gasteiger partial charge is 1.00 e. The third-order valence-electron chi connectivity index (χ3n) is 1.63. The summed E-state index contributed by atoms with van der Waals surface area (Å²) >= 11 is 1.26. The predicted octanol–water partition coefficient (Wildman–Crippen LogP) is -15.6. The van der Waals surface area contributed by atoms with E-state index >= 15 is 0 Å². The van der Waals surface area contributed by atoms with Crippen molar-refractivity contribution in [2.24, 2.45) is 5.73 Å². The fraction of sp³-hybridized carbons (Fsp3) is 0.833. The summed E-state index contributed by atoms with van der Waals surface area (Å²) in [6.45, 7) is -0.746. The zero-order valence-electron chi connectivity index (χ0n) is 8.53. The van der Waals surface area contributed by atoms with Crippen LogP contribution in [0.4, 0.5) is 0 Å². The Balaban J connectivity index is -0.000000141. The van der Waals surface area contributed by atoms with Gasteiger partial charge in [-0.3, -0.25) is 0 Å². The third kappa shape index (κ3) is 9.97. The fourth-order valence-electron chi connectivity index (χ4n) is 0.730. The van der Waals surface area contributed by atoms with Gasteiger partial charge in [-0.25, -0.2) is 0 Å². The topological polar surface area (TPSA) is 133 Å². The normalized spacial score (nSPS) is 15.2. The second-order valence-corrected chi connectivity index (χ2v) is 3.10. The molecule has 115 valence electrons. The number of nitrogens with two attached hydrogens (primary N) is 1. The smallest absolute Gasteiger partial charge is 1.00 e. The van der Waals surface area contributed by atoms with Gasteiger partial charge in [0, 0.05) is 0 Å². The van der Waals surface area contributed by atoms with Gasteiger partial charge < -0.3 is 49.6 Å². The van der Waals surface area contributed by atoms with Gasteiger partial charge in [0.1, 0.15) is 0 Å². The Bertz CT molecular complexity index is 205. The van der Waals surface area contributed by atoms with Crippen LogP contribution < -0.4 is 55.4 Å². The average Bonchev–Trinajstić information content (AvgIpc) is 2.23. The van der Waals surface area contributed by atoms with Gasteiger partial charge in [0.15, 0.2) is 0 Å². The van der Waals surface area contributed by atoms with Crippen molar-refractivity contribution < 1.29 is 98.4 Å². The molecular weight excluding hydrogens is 519 g/mol. The van der Waals surface area contributed by atoms with Crippen LogP contribution in [0.5, 0.6) is 0 Å². The van der Waals surface area contributed by atoms with E-state index < -0.39 is 36.9 Å². The van der Waals surface area contributed by atoms with Crippen molar-refractivity contribution in [1.29, 1.82) is 0 Å². The minimum absolute atomic E-state index is 0. The van der Waals surface area contributed by atoms with E-state index in [1.165, 1.54) is 20.2 Å². The van der Waals surface area contributed by atoms with Crippen LogP contribution in [0.15, 0.2) is 0 Å². The molecule has 0 amide bonds. The zero-order chi connectivity index (χ0) is 11.3. The summed E-state index contributed by atoms with van der Waals surface area (Å²) in [5, 5.41) is 35.8. The van der Waals surface area contributed by atoms with Gasteiger partial charge in [-0.15, -0.1) is 0 Å². The molecule has 0 aliphatic heterocycles. The van der Waals surface area contributed by atoms with Gasteiger partial charge in [-0.05, 0) is 0 Å². The standard InChI is InChI=1S/C6H13NO6.4ClH.Pt/c7-3(6(12)13)5(11)4(10)2(9)1-8;;;;;/h2-5,8-11H,1,7H2,(H,12,13);4*1H;/q;;;;;+5/p-5/t2-,3-,4-,5-;;;;;/m1...../s1. The van der Waals surface area contributed by atoms with Crippen LogP contribution in [-0.4, -0.2) is 57.4 Å². The first kappa shape index (κ1) is 31.5. The molecule has 0 aliphatic rings. The molecule has 7 nitrogen and oxygen atoms in total. The van der Waals surface area contributed by atoms with Gasteiger partial charge in [0.2, 0.25) is 0 Å². The van der Waals surface area contributed by atoms with E-state index in [9.17, 15) is 9.90 Å². The van der Waals surface area contributed by atoms with Gasteiger partial charge in [-0.1, -0.05) is 0 Å². The maximum Gasteiger partial charge on any atom is -1.00 e. The number of carbonyl (C=O) groups is 1. The molecule has 0 aromatic carbocycles. The summed E-state index contributed by atoms with van der Waals surface area (Å²) in [5.41, 5.74) is 5.18. The van der Waals surface area contributed by atoms with E-state index in [0.29, 0.717) is 0 Å². The molecule has 0 heterocycles. The summed E-state index contributed by atoms with van der Waals surface area (Å²) in [7, 11) is 0. The first-order valence-electron chi connectivity index (χ1n) is 3.66. The number of hydrogen-bond donors (Lipinski definition) is 5. The Kier molecular flexibility index (Phi) is 28.3. The van der Waals surface area contributed by atoms with Crippen LogP contribution >= 0.6 is 0 Å². The van der Waals surface area contributed by atoms with Crippen LogP contribution in [0.3, 0.4) is 0 Å². The number of hydrogen-bond acceptors (Lipinski definition) is 7. The van der Waals surface area contributed by atoms with Gasteiger partial charge in [0.05, 0.1) is 0 Å². The van der Waals surface area contributed by atoms with E-state index in [1.807, 2.05) is 0 Å². The monoisotopic (exact) mass is 529 g/mol. The summed E-state index contributed by atoms with van der Waals surface area (Å²) in [6.07, 6.45) is -4.95. The molecule has 0 spiro atoms. The molecule has 0 radical (unpaired) electrons. The number of aliphatic hydroxyl groups is 4. The molecule has 0 saturated carbocycles. The maximum atomic E-state index is 10.8. The Morgan fingerprint density at radius 2 is 1.50 bits per heavy atom. The first-order chi connectivity index (χ1) is 6.45. The van der Waals surface area contributed by atoms with Crippen LogP contribution in [-0.2, 0) is 28.4 Å². The van der Waals surface area contributed by atoms with E-state index in [2.05, 4.69) is 3.39 Å². The molecule has 4 atom stereocenters. The quantitative estimate of drug-likeness (QED) is 0.238. The number of halogens is 4. The van der Waals surface area contributed by atoms with Crippen molar-refractivity contribution >= 4 is 5.97 Å². The zero-order valence-corrected chi connectivity index (χ0v) is 13.8. The SMILES string of the molecule is N[C@@H](C(=O)[O][Pt+4])[C@@H](O)[C@H](O)[C@H](O)CO.[Cl-].[Cl-].[Cl-].[Cl-]. The summed E-state index contributed by atoms with van der Waals surface area (Å²) in [4.78, 5) is 10.8. The van der Waals surface area contributed by atoms with Gasteiger partial charge >= 0.3 is 91.5 Å². The van der Waals surface area contributed by atoms with E-state index in [-0.39, 0.29) is 49.6 Å². The first-order valence-corrected chi connectivity index (χ1v) is 4.59. The molecule has 0 aromatic heterocycles. The summed E-state index contributed by atoms with van der Waals surface area (Å²) in [5.74, 6) is -0.927. The van der Waals surface area contributed by atoms with Crippen LogP contribution in [0.25, 0.3) is 0 Å². The predicted molar refractivity (Wildman–Crippen MR) is 39.2 cm³/mol. The van der Waals surface area contributed by atoms with Crippen molar-refractivity contribution in [2.75, 3.05) is 6.61 Å². The molecule has 0 rings (SSSR count). The molecule has 0 aliphatic carbocycles. The second-order valence-electron chi connectivity index (χ2n) is 2.64. The van der Waals surface area contributed by atoms with Crippen molar-refractivity contribution in [1.82, 2.24) is 0 Å². The molecule has 0 bridgehead atoms. The molecule has 0 aromatic rings. The fourth-order valence-corrected chi connectivity index (χ4v) is 1.04. The maximum absolute atomic E-state index is 10.8. The number of aliphatic hydroxyl groups excluding tert-OH is 4.